The van der Waals surface area contributed by atoms with Gasteiger partial charge in [0.1, 0.15) is 11.6 Å². The van der Waals surface area contributed by atoms with Crippen molar-refractivity contribution in [2.75, 3.05) is 13.2 Å². The molecule has 0 saturated carbocycles. The van der Waals surface area contributed by atoms with Gasteiger partial charge in [0.25, 0.3) is 0 Å². The maximum Gasteiger partial charge on any atom is 0.513 e. The molecule has 0 radical (unpaired) electrons. The number of carboxylic acid groups (broad SMARTS) is 1. The summed E-state index contributed by atoms with van der Waals surface area (Å²) in [5.74, 6) is -2.06. The zero-order chi connectivity index (χ0) is 28.2. The third-order valence-corrected chi connectivity index (χ3v) is 5.58. The molecule has 0 aliphatic carbocycles. The van der Waals surface area contributed by atoms with E-state index in [0.717, 1.165) is 0 Å². The summed E-state index contributed by atoms with van der Waals surface area (Å²) in [6.45, 7) is 10.8. The van der Waals surface area contributed by atoms with E-state index in [9.17, 15) is 24.3 Å². The van der Waals surface area contributed by atoms with Crippen LogP contribution >= 0.6 is 0 Å². The fraction of sp³-hybridized carbons (Fsp3) is 0.615. The number of carbonyl (C=O) groups excluding carboxylic acids is 3. The van der Waals surface area contributed by atoms with E-state index in [-0.39, 0.29) is 37.6 Å². The molecule has 0 spiro atoms. The van der Waals surface area contributed by atoms with Gasteiger partial charge in [-0.2, -0.15) is 0 Å². The van der Waals surface area contributed by atoms with Gasteiger partial charge in [-0.3, -0.25) is 9.59 Å². The molecule has 37 heavy (non-hydrogen) atoms. The predicted octanol–water partition coefficient (Wildman–Crippen LogP) is 4.62. The van der Waals surface area contributed by atoms with Crippen molar-refractivity contribution in [3.8, 4) is 11.5 Å². The first-order chi connectivity index (χ1) is 17.3. The largest absolute Gasteiger partial charge is 0.513 e. The molecule has 0 aromatic heterocycles. The third kappa shape index (κ3) is 10.3. The lowest BCUT2D eigenvalue weighted by molar-refractivity contribution is -0.161. The highest BCUT2D eigenvalue weighted by atomic mass is 16.7. The number of ether oxygens (including phenoxy) is 5. The second-order valence-electron chi connectivity index (χ2n) is 9.48. The second kappa shape index (κ2) is 14.4. The van der Waals surface area contributed by atoms with Crippen molar-refractivity contribution >= 4 is 24.2 Å². The quantitative estimate of drug-likeness (QED) is 0.198. The summed E-state index contributed by atoms with van der Waals surface area (Å²) in [5, 5.41) is 9.89. The zero-order valence-electron chi connectivity index (χ0n) is 22.5. The van der Waals surface area contributed by atoms with Gasteiger partial charge in [-0.25, -0.2) is 9.59 Å². The molecule has 1 aromatic rings. The molecule has 0 amide bonds. The normalized spacial score (nSPS) is 13.6. The molecule has 2 atom stereocenters. The lowest BCUT2D eigenvalue weighted by Gasteiger charge is -2.30. The fourth-order valence-electron chi connectivity index (χ4n) is 3.08. The van der Waals surface area contributed by atoms with Crippen LogP contribution in [0.4, 0.5) is 9.59 Å². The maximum atomic E-state index is 12.4. The van der Waals surface area contributed by atoms with Crippen LogP contribution < -0.4 is 15.2 Å². The van der Waals surface area contributed by atoms with E-state index < -0.39 is 41.3 Å². The molecule has 1 aromatic carbocycles. The molecular formula is C26H39NO10. The molecule has 11 nitrogen and oxygen atoms in total. The highest BCUT2D eigenvalue weighted by molar-refractivity contribution is 5.79. The minimum Gasteiger partial charge on any atom is -0.480 e. The summed E-state index contributed by atoms with van der Waals surface area (Å²) in [4.78, 5) is 48.5. The minimum atomic E-state index is -1.82. The monoisotopic (exact) mass is 525 g/mol. The number of carbonyl (C=O) groups is 4. The molecule has 0 saturated heterocycles. The zero-order valence-corrected chi connectivity index (χ0v) is 22.5. The molecule has 0 fully saturated rings. The fourth-order valence-corrected chi connectivity index (χ4v) is 3.08. The number of hydrogen-bond donors (Lipinski definition) is 2. The Labute approximate surface area is 217 Å². The number of nitrogens with two attached hydrogens (primary N) is 1. The van der Waals surface area contributed by atoms with E-state index in [1.165, 1.54) is 18.2 Å². The highest BCUT2D eigenvalue weighted by Gasteiger charge is 2.38. The number of carboxylic acids is 1. The Morgan fingerprint density at radius 2 is 1.49 bits per heavy atom. The van der Waals surface area contributed by atoms with Crippen molar-refractivity contribution < 1.29 is 48.0 Å². The third-order valence-electron chi connectivity index (χ3n) is 5.58. The Bertz CT molecular complexity index is 945. The standard InChI is InChI=1S/C26H39NO10/c1-7-12-33-23(31)36-19-11-10-18(14-20(19)37-24(32)34-13-8-2)16-26(27,21(28)29)15-17(4)35-22(30)25(5,6)9-3/h10-11,14,17H,7-9,12-13,15-16,27H2,1-6H3,(H,28,29)/t17-,26?/m0/s1. The van der Waals surface area contributed by atoms with E-state index in [0.29, 0.717) is 24.8 Å². The summed E-state index contributed by atoms with van der Waals surface area (Å²) < 4.78 is 25.6. The number of rotatable bonds is 14. The van der Waals surface area contributed by atoms with Gasteiger partial charge in [0.2, 0.25) is 0 Å². The van der Waals surface area contributed by atoms with E-state index in [1.807, 2.05) is 13.8 Å². The van der Waals surface area contributed by atoms with Crippen molar-refractivity contribution in [1.29, 1.82) is 0 Å². The average Bonchev–Trinajstić information content (AvgIpc) is 2.82. The van der Waals surface area contributed by atoms with Gasteiger partial charge in [0.15, 0.2) is 11.5 Å². The SMILES string of the molecule is CCCOC(=O)Oc1ccc(CC(N)(C[C@H](C)OC(=O)C(C)(C)CC)C(=O)O)cc1OC(=O)OCCC. The van der Waals surface area contributed by atoms with Crippen LogP contribution in [0.2, 0.25) is 0 Å². The van der Waals surface area contributed by atoms with Crippen LogP contribution in [0.15, 0.2) is 18.2 Å². The smallest absolute Gasteiger partial charge is 0.480 e. The Morgan fingerprint density at radius 1 is 0.946 bits per heavy atom. The van der Waals surface area contributed by atoms with Crippen molar-refractivity contribution in [3.63, 3.8) is 0 Å². The lowest BCUT2D eigenvalue weighted by atomic mass is 9.86. The Balaban J connectivity index is 3.17. The summed E-state index contributed by atoms with van der Waals surface area (Å²) in [6.07, 6.45) is -1.49. The van der Waals surface area contributed by atoms with E-state index in [4.69, 9.17) is 29.4 Å². The molecule has 1 rings (SSSR count). The first kappa shape index (κ1) is 31.7. The first-order valence-corrected chi connectivity index (χ1v) is 12.3. The van der Waals surface area contributed by atoms with Crippen LogP contribution in [0, 0.1) is 5.41 Å². The lowest BCUT2D eigenvalue weighted by Crippen LogP contribution is -2.52. The van der Waals surface area contributed by atoms with E-state index in [1.54, 1.807) is 27.7 Å². The number of hydrogen-bond acceptors (Lipinski definition) is 10. The number of benzene rings is 1. The van der Waals surface area contributed by atoms with Gasteiger partial charge in [-0.15, -0.1) is 0 Å². The predicted molar refractivity (Wildman–Crippen MR) is 133 cm³/mol. The van der Waals surface area contributed by atoms with Gasteiger partial charge in [0, 0.05) is 12.8 Å². The van der Waals surface area contributed by atoms with Crippen LogP contribution in [-0.4, -0.2) is 54.2 Å². The molecule has 208 valence electrons. The van der Waals surface area contributed by atoms with Crippen LogP contribution in [0.25, 0.3) is 0 Å². The van der Waals surface area contributed by atoms with Gasteiger partial charge in [-0.05, 0) is 57.7 Å². The first-order valence-electron chi connectivity index (χ1n) is 12.3. The molecule has 1 unspecified atom stereocenters. The molecule has 0 heterocycles. The molecule has 11 heteroatoms. The summed E-state index contributed by atoms with van der Waals surface area (Å²) in [5.41, 5.74) is 4.08. The van der Waals surface area contributed by atoms with Crippen molar-refractivity contribution in [3.05, 3.63) is 23.8 Å². The van der Waals surface area contributed by atoms with Crippen molar-refractivity contribution in [1.82, 2.24) is 0 Å². The minimum absolute atomic E-state index is 0.115. The molecule has 3 N–H and O–H groups in total. The summed E-state index contributed by atoms with van der Waals surface area (Å²) in [7, 11) is 0. The Morgan fingerprint density at radius 3 is 1.97 bits per heavy atom. The number of aliphatic carboxylic acids is 1. The Kier molecular flexibility index (Phi) is 12.3. The van der Waals surface area contributed by atoms with Crippen LogP contribution in [-0.2, 0) is 30.2 Å². The molecule has 0 bridgehead atoms. The van der Waals surface area contributed by atoms with Gasteiger partial charge in [-0.1, -0.05) is 26.8 Å². The average molecular weight is 526 g/mol. The van der Waals surface area contributed by atoms with Gasteiger partial charge in [0.05, 0.1) is 18.6 Å². The van der Waals surface area contributed by atoms with Crippen molar-refractivity contribution in [2.24, 2.45) is 11.1 Å². The maximum absolute atomic E-state index is 12.4. The van der Waals surface area contributed by atoms with Crippen LogP contribution in [0.1, 0.15) is 72.8 Å². The van der Waals surface area contributed by atoms with Crippen molar-refractivity contribution in [2.45, 2.75) is 85.3 Å². The van der Waals surface area contributed by atoms with E-state index in [2.05, 4.69) is 0 Å². The number of esters is 1. The molecule has 0 aliphatic heterocycles. The highest BCUT2D eigenvalue weighted by Crippen LogP contribution is 2.32. The molecular weight excluding hydrogens is 486 g/mol. The van der Waals surface area contributed by atoms with E-state index >= 15 is 0 Å². The van der Waals surface area contributed by atoms with Gasteiger partial charge < -0.3 is 34.5 Å². The van der Waals surface area contributed by atoms with Crippen LogP contribution in [0.5, 0.6) is 11.5 Å². The summed E-state index contributed by atoms with van der Waals surface area (Å²) in [6, 6.07) is 4.14. The molecule has 0 aliphatic rings. The second-order valence-corrected chi connectivity index (χ2v) is 9.48. The Hall–Kier alpha value is -3.34. The van der Waals surface area contributed by atoms with Crippen LogP contribution in [0.3, 0.4) is 0 Å². The van der Waals surface area contributed by atoms with Gasteiger partial charge >= 0.3 is 24.2 Å². The summed E-state index contributed by atoms with van der Waals surface area (Å²) >= 11 is 0. The topological polar surface area (TPSA) is 161 Å².